The lowest BCUT2D eigenvalue weighted by Crippen LogP contribution is -2.34. The zero-order chi connectivity index (χ0) is 14.1. The molecule has 1 aliphatic carbocycles. The molecule has 2 fully saturated rings. The molecular weight excluding hydrogens is 401 g/mol. The number of nitrogens with two attached hydrogens (primary N) is 1. The molecule has 3 N–H and O–H groups in total. The van der Waals surface area contributed by atoms with E-state index in [1.54, 1.807) is 0 Å². The lowest BCUT2D eigenvalue weighted by atomic mass is 9.98. The molecule has 0 aromatic heterocycles. The number of amides is 1. The van der Waals surface area contributed by atoms with Crippen LogP contribution in [0.3, 0.4) is 0 Å². The number of likely N-dealkylation sites (tertiary alicyclic amines) is 1. The standard InChI is InChI=1S/C15H20IN3O.ClH/c16-11-2-1-3-12(6-11)18-15(20)9-19-7-10-4-5-14(17)13(10)8-19;/h1-3,6,10,13-14H,4-5,7-9,17H2,(H,18,20);1H. The van der Waals surface area contributed by atoms with Crippen LogP contribution in [0.4, 0.5) is 5.69 Å². The van der Waals surface area contributed by atoms with Crippen molar-refractivity contribution in [2.24, 2.45) is 17.6 Å². The third-order valence-electron chi connectivity index (χ3n) is 4.46. The highest BCUT2D eigenvalue weighted by molar-refractivity contribution is 14.1. The zero-order valence-corrected chi connectivity index (χ0v) is 14.8. The molecule has 21 heavy (non-hydrogen) atoms. The molecule has 2 aliphatic rings. The van der Waals surface area contributed by atoms with E-state index < -0.39 is 0 Å². The van der Waals surface area contributed by atoms with Gasteiger partial charge in [0.1, 0.15) is 0 Å². The van der Waals surface area contributed by atoms with Crippen LogP contribution < -0.4 is 11.1 Å². The van der Waals surface area contributed by atoms with Crippen molar-refractivity contribution in [2.75, 3.05) is 25.0 Å². The SMILES string of the molecule is Cl.NC1CCC2CN(CC(=O)Nc3cccc(I)c3)CC12. The summed E-state index contributed by atoms with van der Waals surface area (Å²) < 4.78 is 1.13. The van der Waals surface area contributed by atoms with Gasteiger partial charge in [0.05, 0.1) is 6.54 Å². The van der Waals surface area contributed by atoms with Crippen molar-refractivity contribution in [2.45, 2.75) is 18.9 Å². The van der Waals surface area contributed by atoms with Crippen molar-refractivity contribution in [3.63, 3.8) is 0 Å². The minimum Gasteiger partial charge on any atom is -0.327 e. The molecular formula is C15H21ClIN3O. The highest BCUT2D eigenvalue weighted by Gasteiger charge is 2.41. The second-order valence-corrected chi connectivity index (χ2v) is 7.16. The van der Waals surface area contributed by atoms with Crippen LogP contribution in [-0.4, -0.2) is 36.5 Å². The summed E-state index contributed by atoms with van der Waals surface area (Å²) in [6.45, 7) is 2.48. The maximum atomic E-state index is 12.1. The summed E-state index contributed by atoms with van der Waals surface area (Å²) >= 11 is 2.25. The molecule has 3 rings (SSSR count). The molecule has 1 amide bonds. The van der Waals surface area contributed by atoms with E-state index in [2.05, 4.69) is 32.8 Å². The number of rotatable bonds is 3. The average molecular weight is 422 g/mol. The fourth-order valence-corrected chi connectivity index (χ4v) is 4.04. The Bertz CT molecular complexity index is 513. The summed E-state index contributed by atoms with van der Waals surface area (Å²) in [5, 5.41) is 2.97. The smallest absolute Gasteiger partial charge is 0.238 e. The average Bonchev–Trinajstić information content (AvgIpc) is 2.92. The third-order valence-corrected chi connectivity index (χ3v) is 5.13. The Hall–Kier alpha value is -0.370. The minimum absolute atomic E-state index is 0. The number of carbonyl (C=O) groups is 1. The van der Waals surface area contributed by atoms with Gasteiger partial charge in [0.25, 0.3) is 0 Å². The molecule has 3 unspecified atom stereocenters. The van der Waals surface area contributed by atoms with Gasteiger partial charge in [-0.1, -0.05) is 6.07 Å². The van der Waals surface area contributed by atoms with E-state index in [0.29, 0.717) is 24.4 Å². The van der Waals surface area contributed by atoms with Gasteiger partial charge >= 0.3 is 0 Å². The molecule has 1 heterocycles. The summed E-state index contributed by atoms with van der Waals surface area (Å²) in [6.07, 6.45) is 2.37. The van der Waals surface area contributed by atoms with Gasteiger partial charge in [0.15, 0.2) is 0 Å². The zero-order valence-electron chi connectivity index (χ0n) is 11.8. The summed E-state index contributed by atoms with van der Waals surface area (Å²) in [5.74, 6) is 1.37. The van der Waals surface area contributed by atoms with E-state index >= 15 is 0 Å². The van der Waals surface area contributed by atoms with Crippen molar-refractivity contribution >= 4 is 46.6 Å². The Balaban J connectivity index is 0.00000161. The van der Waals surface area contributed by atoms with Crippen molar-refractivity contribution in [1.29, 1.82) is 0 Å². The van der Waals surface area contributed by atoms with Crippen LogP contribution in [-0.2, 0) is 4.79 Å². The molecule has 0 radical (unpaired) electrons. The lowest BCUT2D eigenvalue weighted by molar-refractivity contribution is -0.117. The van der Waals surface area contributed by atoms with E-state index in [1.165, 1.54) is 6.42 Å². The van der Waals surface area contributed by atoms with Crippen LogP contribution in [0.5, 0.6) is 0 Å². The van der Waals surface area contributed by atoms with Gasteiger partial charge < -0.3 is 11.1 Å². The Morgan fingerprint density at radius 2 is 2.19 bits per heavy atom. The highest BCUT2D eigenvalue weighted by atomic mass is 127. The number of nitrogens with one attached hydrogen (secondary N) is 1. The fourth-order valence-electron chi connectivity index (χ4n) is 3.50. The van der Waals surface area contributed by atoms with Gasteiger partial charge in [-0.3, -0.25) is 9.69 Å². The number of anilines is 1. The van der Waals surface area contributed by atoms with Crippen molar-refractivity contribution < 1.29 is 4.79 Å². The van der Waals surface area contributed by atoms with E-state index in [0.717, 1.165) is 28.8 Å². The van der Waals surface area contributed by atoms with Crippen LogP contribution >= 0.6 is 35.0 Å². The number of fused-ring (bicyclic) bond motifs is 1. The normalized spacial score (nSPS) is 28.0. The summed E-state index contributed by atoms with van der Waals surface area (Å²) in [7, 11) is 0. The quantitative estimate of drug-likeness (QED) is 0.737. The van der Waals surface area contributed by atoms with Crippen molar-refractivity contribution in [3.05, 3.63) is 27.8 Å². The van der Waals surface area contributed by atoms with Gasteiger partial charge in [0.2, 0.25) is 5.91 Å². The summed E-state index contributed by atoms with van der Waals surface area (Å²) in [5.41, 5.74) is 7.00. The number of hydrogen-bond acceptors (Lipinski definition) is 3. The van der Waals surface area contributed by atoms with Crippen LogP contribution in [0, 0.1) is 15.4 Å². The molecule has 1 aliphatic heterocycles. The summed E-state index contributed by atoms with van der Waals surface area (Å²) in [4.78, 5) is 14.3. The molecule has 6 heteroatoms. The molecule has 3 atom stereocenters. The minimum atomic E-state index is 0. The predicted octanol–water partition coefficient (Wildman–Crippen LogP) is 2.32. The molecule has 4 nitrogen and oxygen atoms in total. The third kappa shape index (κ3) is 4.09. The molecule has 1 saturated heterocycles. The molecule has 0 bridgehead atoms. The van der Waals surface area contributed by atoms with E-state index in [4.69, 9.17) is 5.73 Å². The molecule has 0 spiro atoms. The fraction of sp³-hybridized carbons (Fsp3) is 0.533. The van der Waals surface area contributed by atoms with Gasteiger partial charge in [-0.25, -0.2) is 0 Å². The second-order valence-electron chi connectivity index (χ2n) is 5.92. The number of carbonyl (C=O) groups excluding carboxylic acids is 1. The Kier molecular flexibility index (Phi) is 5.88. The topological polar surface area (TPSA) is 58.4 Å². The van der Waals surface area contributed by atoms with Crippen LogP contribution in [0.1, 0.15) is 12.8 Å². The first-order valence-electron chi connectivity index (χ1n) is 7.15. The van der Waals surface area contributed by atoms with E-state index in [1.807, 2.05) is 24.3 Å². The van der Waals surface area contributed by atoms with Crippen molar-refractivity contribution in [1.82, 2.24) is 4.90 Å². The first-order chi connectivity index (χ1) is 9.61. The van der Waals surface area contributed by atoms with Crippen molar-refractivity contribution in [3.8, 4) is 0 Å². The van der Waals surface area contributed by atoms with Gasteiger partial charge in [-0.15, -0.1) is 12.4 Å². The maximum absolute atomic E-state index is 12.1. The van der Waals surface area contributed by atoms with E-state index in [9.17, 15) is 4.79 Å². The van der Waals surface area contributed by atoms with E-state index in [-0.39, 0.29) is 18.3 Å². The monoisotopic (exact) mass is 421 g/mol. The number of nitrogens with zero attached hydrogens (tertiary/aromatic N) is 1. The van der Waals surface area contributed by atoms with Crippen LogP contribution in [0.25, 0.3) is 0 Å². The lowest BCUT2D eigenvalue weighted by Gasteiger charge is -2.17. The predicted molar refractivity (Wildman–Crippen MR) is 95.7 cm³/mol. The number of benzene rings is 1. The number of halogens is 2. The van der Waals surface area contributed by atoms with Gasteiger partial charge in [-0.05, 0) is 65.5 Å². The summed E-state index contributed by atoms with van der Waals surface area (Å²) in [6, 6.07) is 8.21. The highest BCUT2D eigenvalue weighted by Crippen LogP contribution is 2.36. The Labute approximate surface area is 145 Å². The largest absolute Gasteiger partial charge is 0.327 e. The first-order valence-corrected chi connectivity index (χ1v) is 8.23. The number of hydrogen-bond donors (Lipinski definition) is 2. The van der Waals surface area contributed by atoms with Crippen LogP contribution in [0.2, 0.25) is 0 Å². The molecule has 1 aromatic carbocycles. The second kappa shape index (κ2) is 7.26. The molecule has 116 valence electrons. The van der Waals surface area contributed by atoms with Crippen LogP contribution in [0.15, 0.2) is 24.3 Å². The molecule has 1 aromatic rings. The van der Waals surface area contributed by atoms with Gasteiger partial charge in [0, 0.05) is 28.4 Å². The maximum Gasteiger partial charge on any atom is 0.238 e. The Morgan fingerprint density at radius 3 is 2.90 bits per heavy atom. The Morgan fingerprint density at radius 1 is 1.38 bits per heavy atom. The molecule has 1 saturated carbocycles. The first kappa shape index (κ1) is 17.0. The van der Waals surface area contributed by atoms with Gasteiger partial charge in [-0.2, -0.15) is 0 Å².